The molecule has 1 aromatic carbocycles. The lowest BCUT2D eigenvalue weighted by Gasteiger charge is -2.10. The smallest absolute Gasteiger partial charge is 0.446 e. The minimum atomic E-state index is -4.75. The Labute approximate surface area is 133 Å². The minimum Gasteiger partial charge on any atom is -0.475 e. The first kappa shape index (κ1) is 19.9. The highest BCUT2D eigenvalue weighted by Gasteiger charge is 2.31. The molecule has 0 N–H and O–H groups in total. The first-order chi connectivity index (χ1) is 10.9. The van der Waals surface area contributed by atoms with E-state index < -0.39 is 63.9 Å². The third-order valence-electron chi connectivity index (χ3n) is 2.10. The fraction of sp³-hybridized carbons (Fsp3) is 0.364. The zero-order chi connectivity index (χ0) is 18.5. The van der Waals surface area contributed by atoms with Gasteiger partial charge >= 0.3 is 23.3 Å². The van der Waals surface area contributed by atoms with E-state index in [1.54, 1.807) is 0 Å². The van der Waals surface area contributed by atoms with Gasteiger partial charge in [-0.05, 0) is 23.9 Å². The molecule has 0 aliphatic heterocycles. The molecule has 0 aliphatic rings. The van der Waals surface area contributed by atoms with Gasteiger partial charge in [0, 0.05) is 11.0 Å². The molecule has 6 nitrogen and oxygen atoms in total. The van der Waals surface area contributed by atoms with Crippen LogP contribution in [0.4, 0.5) is 32.0 Å². The zero-order valence-corrected chi connectivity index (χ0v) is 12.1. The second-order valence-corrected chi connectivity index (χ2v) is 5.14. The van der Waals surface area contributed by atoms with Crippen LogP contribution >= 0.6 is 11.8 Å². The van der Waals surface area contributed by atoms with Gasteiger partial charge < -0.3 is 9.47 Å². The number of esters is 1. The van der Waals surface area contributed by atoms with Gasteiger partial charge in [-0.2, -0.15) is 26.3 Å². The van der Waals surface area contributed by atoms with E-state index in [1.165, 1.54) is 0 Å². The van der Waals surface area contributed by atoms with Gasteiger partial charge in [0.1, 0.15) is 0 Å². The largest absolute Gasteiger partial charge is 0.475 e. The van der Waals surface area contributed by atoms with Gasteiger partial charge in [-0.15, -0.1) is 0 Å². The number of hydrogen-bond acceptors (Lipinski definition) is 6. The Morgan fingerprint density at radius 1 is 1.21 bits per heavy atom. The van der Waals surface area contributed by atoms with Crippen molar-refractivity contribution >= 4 is 23.4 Å². The quantitative estimate of drug-likeness (QED) is 0.247. The van der Waals surface area contributed by atoms with Crippen LogP contribution in [0.15, 0.2) is 23.1 Å². The molecule has 0 spiro atoms. The van der Waals surface area contributed by atoms with E-state index in [1.807, 2.05) is 0 Å². The number of hydrogen-bond donors (Lipinski definition) is 0. The van der Waals surface area contributed by atoms with Crippen molar-refractivity contribution in [2.45, 2.75) is 16.6 Å². The highest BCUT2D eigenvalue weighted by Crippen LogP contribution is 2.40. The lowest BCUT2D eigenvalue weighted by molar-refractivity contribution is -0.386. The van der Waals surface area contributed by atoms with Gasteiger partial charge in [0.2, 0.25) is 0 Å². The molecular weight excluding hydrogens is 372 g/mol. The SMILES string of the molecule is O=C(COc1ccc(SC(F)(F)F)cc1[N+](=O)[O-])OCC(F)(F)F. The molecule has 0 atom stereocenters. The van der Waals surface area contributed by atoms with E-state index in [0.717, 1.165) is 12.1 Å². The number of nitro benzene ring substituents is 1. The first-order valence-corrected chi connectivity index (χ1v) is 6.58. The van der Waals surface area contributed by atoms with Crippen molar-refractivity contribution < 1.29 is 45.5 Å². The minimum absolute atomic E-state index is 0.499. The molecular formula is C11H7F6NO5S. The predicted octanol–water partition coefficient (Wildman–Crippen LogP) is 3.69. The third kappa shape index (κ3) is 7.39. The van der Waals surface area contributed by atoms with Crippen LogP contribution in [-0.4, -0.2) is 35.8 Å². The molecule has 1 aromatic rings. The molecule has 0 aliphatic carbocycles. The maximum Gasteiger partial charge on any atom is 0.446 e. The van der Waals surface area contributed by atoms with Gasteiger partial charge in [0.25, 0.3) is 0 Å². The summed E-state index contributed by atoms with van der Waals surface area (Å²) in [6.07, 6.45) is -4.75. The number of benzene rings is 1. The summed E-state index contributed by atoms with van der Waals surface area (Å²) in [5.41, 5.74) is -5.55. The number of halogens is 6. The first-order valence-electron chi connectivity index (χ1n) is 5.77. The molecule has 13 heteroatoms. The van der Waals surface area contributed by atoms with Crippen LogP contribution in [0.1, 0.15) is 0 Å². The van der Waals surface area contributed by atoms with Gasteiger partial charge in [-0.1, -0.05) is 0 Å². The van der Waals surface area contributed by atoms with Crippen LogP contribution in [-0.2, 0) is 9.53 Å². The Bertz CT molecular complexity index is 618. The van der Waals surface area contributed by atoms with Crippen molar-refractivity contribution in [1.82, 2.24) is 0 Å². The average molecular weight is 379 g/mol. The van der Waals surface area contributed by atoms with Crippen LogP contribution in [0, 0.1) is 10.1 Å². The summed E-state index contributed by atoms with van der Waals surface area (Å²) >= 11 is -0.600. The van der Waals surface area contributed by atoms with Gasteiger partial charge in [-0.3, -0.25) is 10.1 Å². The number of carbonyl (C=O) groups excluding carboxylic acids is 1. The van der Waals surface area contributed by atoms with Crippen molar-refractivity contribution in [2.24, 2.45) is 0 Å². The molecule has 0 fully saturated rings. The van der Waals surface area contributed by atoms with E-state index in [9.17, 15) is 41.3 Å². The molecule has 24 heavy (non-hydrogen) atoms. The summed E-state index contributed by atoms with van der Waals surface area (Å²) in [7, 11) is 0. The van der Waals surface area contributed by atoms with Crippen LogP contribution < -0.4 is 4.74 Å². The zero-order valence-electron chi connectivity index (χ0n) is 11.3. The van der Waals surface area contributed by atoms with Gasteiger partial charge in [0.15, 0.2) is 19.0 Å². The Hall–Kier alpha value is -2.18. The molecule has 0 radical (unpaired) electrons. The topological polar surface area (TPSA) is 78.7 Å². The Kier molecular flexibility index (Phi) is 6.29. The number of carbonyl (C=O) groups is 1. The number of alkyl halides is 6. The lowest BCUT2D eigenvalue weighted by atomic mass is 10.3. The van der Waals surface area contributed by atoms with E-state index >= 15 is 0 Å². The number of nitro groups is 1. The van der Waals surface area contributed by atoms with Gasteiger partial charge in [-0.25, -0.2) is 4.79 Å². The summed E-state index contributed by atoms with van der Waals surface area (Å²) < 4.78 is 80.6. The Balaban J connectivity index is 2.77. The lowest BCUT2D eigenvalue weighted by Crippen LogP contribution is -2.23. The number of nitrogens with zero attached hydrogens (tertiary/aromatic N) is 1. The highest BCUT2D eigenvalue weighted by atomic mass is 32.2. The molecule has 0 amide bonds. The molecule has 0 heterocycles. The van der Waals surface area contributed by atoms with Crippen LogP contribution in [0.25, 0.3) is 0 Å². The summed E-state index contributed by atoms with van der Waals surface area (Å²) in [6, 6.07) is 2.21. The number of thioether (sulfide) groups is 1. The van der Waals surface area contributed by atoms with Crippen molar-refractivity contribution in [1.29, 1.82) is 0 Å². The second-order valence-electron chi connectivity index (χ2n) is 4.00. The normalized spacial score (nSPS) is 11.9. The van der Waals surface area contributed by atoms with Crippen LogP contribution in [0.5, 0.6) is 5.75 Å². The molecule has 0 unspecified atom stereocenters. The third-order valence-corrected chi connectivity index (χ3v) is 2.82. The molecule has 0 aromatic heterocycles. The highest BCUT2D eigenvalue weighted by molar-refractivity contribution is 8.00. The summed E-state index contributed by atoms with van der Waals surface area (Å²) in [4.78, 5) is 20.3. The molecule has 0 saturated carbocycles. The van der Waals surface area contributed by atoms with Crippen molar-refractivity contribution in [3.8, 4) is 5.75 Å². The van der Waals surface area contributed by atoms with E-state index in [4.69, 9.17) is 0 Å². The average Bonchev–Trinajstić information content (AvgIpc) is 2.41. The molecule has 1 rings (SSSR count). The maximum absolute atomic E-state index is 12.2. The maximum atomic E-state index is 12.2. The molecule has 0 bridgehead atoms. The molecule has 134 valence electrons. The van der Waals surface area contributed by atoms with Crippen molar-refractivity contribution in [3.63, 3.8) is 0 Å². The number of ether oxygens (including phenoxy) is 2. The molecule has 0 saturated heterocycles. The Morgan fingerprint density at radius 3 is 2.33 bits per heavy atom. The fourth-order valence-corrected chi connectivity index (χ4v) is 1.87. The second kappa shape index (κ2) is 7.59. The standard InChI is InChI=1S/C11H7F6NO5S/c12-10(13,14)5-23-9(19)4-22-8-2-1-6(24-11(15,16)17)3-7(8)18(20)21/h1-3H,4-5H2. The summed E-state index contributed by atoms with van der Waals surface area (Å²) in [6.45, 7) is -2.94. The summed E-state index contributed by atoms with van der Waals surface area (Å²) in [5.74, 6) is -2.04. The monoisotopic (exact) mass is 379 g/mol. The predicted molar refractivity (Wildman–Crippen MR) is 67.5 cm³/mol. The van der Waals surface area contributed by atoms with E-state index in [2.05, 4.69) is 9.47 Å². The Morgan fingerprint density at radius 2 is 1.83 bits per heavy atom. The van der Waals surface area contributed by atoms with E-state index in [0.29, 0.717) is 6.07 Å². The van der Waals surface area contributed by atoms with Crippen LogP contribution in [0.2, 0.25) is 0 Å². The van der Waals surface area contributed by atoms with Gasteiger partial charge in [0.05, 0.1) is 4.92 Å². The van der Waals surface area contributed by atoms with Crippen LogP contribution in [0.3, 0.4) is 0 Å². The van der Waals surface area contributed by atoms with Crippen molar-refractivity contribution in [3.05, 3.63) is 28.3 Å². The van der Waals surface area contributed by atoms with Crippen molar-refractivity contribution in [2.75, 3.05) is 13.2 Å². The fourth-order valence-electron chi connectivity index (χ4n) is 1.30. The van der Waals surface area contributed by atoms with E-state index in [-0.39, 0.29) is 0 Å². The summed E-state index contributed by atoms with van der Waals surface area (Å²) in [5, 5.41) is 10.8. The number of rotatable bonds is 6.